The number of carbonyl (C=O) groups is 1. The van der Waals surface area contributed by atoms with Crippen LogP contribution in [0.25, 0.3) is 0 Å². The maximum Gasteiger partial charge on any atom is 0.357 e. The summed E-state index contributed by atoms with van der Waals surface area (Å²) in [6.45, 7) is 1.36. The molecule has 0 saturated carbocycles. The lowest BCUT2D eigenvalue weighted by Gasteiger charge is -2.06. The molecule has 0 aromatic carbocycles. The summed E-state index contributed by atoms with van der Waals surface area (Å²) in [6.07, 6.45) is -0.218. The lowest BCUT2D eigenvalue weighted by atomic mass is 10.3. The van der Waals surface area contributed by atoms with Gasteiger partial charge in [-0.15, -0.1) is 0 Å². The molecule has 0 aliphatic heterocycles. The van der Waals surface area contributed by atoms with E-state index < -0.39 is 11.1 Å². The van der Waals surface area contributed by atoms with Crippen molar-refractivity contribution in [1.82, 2.24) is 0 Å². The standard InChI is InChI=1S/C4H6ClFO2/c1-2-4(5,6)3(7)8/h2H2,1H3,(H,7,8). The second-order valence-electron chi connectivity index (χ2n) is 1.36. The van der Waals surface area contributed by atoms with Gasteiger partial charge in [-0.3, -0.25) is 0 Å². The largest absolute Gasteiger partial charge is 0.478 e. The van der Waals surface area contributed by atoms with Gasteiger partial charge >= 0.3 is 5.97 Å². The fourth-order valence-corrected chi connectivity index (χ4v) is 0.151. The van der Waals surface area contributed by atoms with Crippen LogP contribution in [0.15, 0.2) is 0 Å². The van der Waals surface area contributed by atoms with Crippen LogP contribution < -0.4 is 0 Å². The average Bonchev–Trinajstić information content (AvgIpc) is 1.67. The molecular formula is C4H6ClFO2. The highest BCUT2D eigenvalue weighted by Gasteiger charge is 2.33. The Morgan fingerprint density at radius 3 is 2.38 bits per heavy atom. The molecule has 0 fully saturated rings. The zero-order valence-electron chi connectivity index (χ0n) is 4.32. The minimum absolute atomic E-state index is 0.218. The summed E-state index contributed by atoms with van der Waals surface area (Å²) in [5.41, 5.74) is 0. The quantitative estimate of drug-likeness (QED) is 0.589. The number of aliphatic carboxylic acids is 1. The molecule has 2 nitrogen and oxygen atoms in total. The van der Waals surface area contributed by atoms with Crippen LogP contribution in [0.1, 0.15) is 13.3 Å². The molecule has 0 aromatic rings. The fourth-order valence-electron chi connectivity index (χ4n) is 0.151. The average molecular weight is 141 g/mol. The topological polar surface area (TPSA) is 37.3 Å². The van der Waals surface area contributed by atoms with Crippen molar-refractivity contribution in [3.05, 3.63) is 0 Å². The Morgan fingerprint density at radius 2 is 2.38 bits per heavy atom. The number of halogens is 2. The predicted octanol–water partition coefficient (Wildman–Crippen LogP) is 1.39. The van der Waals surface area contributed by atoms with E-state index in [-0.39, 0.29) is 6.42 Å². The van der Waals surface area contributed by atoms with E-state index in [0.717, 1.165) is 0 Å². The van der Waals surface area contributed by atoms with E-state index in [1.54, 1.807) is 0 Å². The maximum absolute atomic E-state index is 12.1. The third-order valence-electron chi connectivity index (χ3n) is 0.757. The van der Waals surface area contributed by atoms with Crippen molar-refractivity contribution in [3.63, 3.8) is 0 Å². The van der Waals surface area contributed by atoms with Crippen molar-refractivity contribution in [1.29, 1.82) is 0 Å². The van der Waals surface area contributed by atoms with Crippen LogP contribution >= 0.6 is 11.6 Å². The summed E-state index contributed by atoms with van der Waals surface area (Å²) in [4.78, 5) is 9.75. The van der Waals surface area contributed by atoms with Gasteiger partial charge in [-0.2, -0.15) is 0 Å². The van der Waals surface area contributed by atoms with Gasteiger partial charge in [0, 0.05) is 6.42 Å². The van der Waals surface area contributed by atoms with E-state index >= 15 is 0 Å². The van der Waals surface area contributed by atoms with Crippen LogP contribution in [0.3, 0.4) is 0 Å². The van der Waals surface area contributed by atoms with Crippen molar-refractivity contribution < 1.29 is 14.3 Å². The number of alkyl halides is 2. The van der Waals surface area contributed by atoms with Crippen LogP contribution in [-0.4, -0.2) is 16.2 Å². The van der Waals surface area contributed by atoms with Crippen LogP contribution in [0.4, 0.5) is 4.39 Å². The van der Waals surface area contributed by atoms with E-state index in [9.17, 15) is 9.18 Å². The highest BCUT2D eigenvalue weighted by atomic mass is 35.5. The highest BCUT2D eigenvalue weighted by Crippen LogP contribution is 2.20. The van der Waals surface area contributed by atoms with Crippen LogP contribution in [0, 0.1) is 0 Å². The molecule has 0 aromatic heterocycles. The first-order chi connectivity index (χ1) is 3.50. The Labute approximate surface area is 51.3 Å². The van der Waals surface area contributed by atoms with E-state index in [4.69, 9.17) is 16.7 Å². The van der Waals surface area contributed by atoms with Gasteiger partial charge in [0.25, 0.3) is 5.13 Å². The van der Waals surface area contributed by atoms with Gasteiger partial charge in [-0.05, 0) is 0 Å². The minimum atomic E-state index is -2.57. The molecule has 1 N–H and O–H groups in total. The van der Waals surface area contributed by atoms with Gasteiger partial charge in [0.15, 0.2) is 0 Å². The summed E-state index contributed by atoms with van der Waals surface area (Å²) < 4.78 is 12.1. The van der Waals surface area contributed by atoms with Gasteiger partial charge in [-0.25, -0.2) is 9.18 Å². The lowest BCUT2D eigenvalue weighted by Crippen LogP contribution is -2.25. The molecular weight excluding hydrogens is 134 g/mol. The number of rotatable bonds is 2. The zero-order valence-corrected chi connectivity index (χ0v) is 5.07. The summed E-state index contributed by atoms with van der Waals surface area (Å²) >= 11 is 4.79. The summed E-state index contributed by atoms with van der Waals surface area (Å²) in [6, 6.07) is 0. The fraction of sp³-hybridized carbons (Fsp3) is 0.750. The normalized spacial score (nSPS) is 17.4. The number of carboxylic acids is 1. The maximum atomic E-state index is 12.1. The molecule has 0 aliphatic rings. The van der Waals surface area contributed by atoms with Crippen LogP contribution in [0.5, 0.6) is 0 Å². The molecule has 0 amide bonds. The molecule has 8 heavy (non-hydrogen) atoms. The van der Waals surface area contributed by atoms with Gasteiger partial charge in [0.2, 0.25) is 0 Å². The van der Waals surface area contributed by atoms with Crippen molar-refractivity contribution in [2.45, 2.75) is 18.5 Å². The Morgan fingerprint density at radius 1 is 2.00 bits per heavy atom. The second kappa shape index (κ2) is 2.31. The molecule has 1 unspecified atom stereocenters. The second-order valence-corrected chi connectivity index (χ2v) is 1.96. The first kappa shape index (κ1) is 7.69. The summed E-state index contributed by atoms with van der Waals surface area (Å²) in [5.74, 6) is -1.62. The molecule has 0 heterocycles. The predicted molar refractivity (Wildman–Crippen MR) is 27.6 cm³/mol. The Hall–Kier alpha value is -0.310. The number of hydrogen-bond acceptors (Lipinski definition) is 1. The van der Waals surface area contributed by atoms with E-state index in [0.29, 0.717) is 0 Å². The molecule has 0 saturated heterocycles. The molecule has 0 rings (SSSR count). The Bertz CT molecular complexity index is 102. The van der Waals surface area contributed by atoms with E-state index in [2.05, 4.69) is 0 Å². The third kappa shape index (κ3) is 1.66. The third-order valence-corrected chi connectivity index (χ3v) is 1.19. The molecule has 0 radical (unpaired) electrons. The highest BCUT2D eigenvalue weighted by molar-refractivity contribution is 6.32. The smallest absolute Gasteiger partial charge is 0.357 e. The van der Waals surface area contributed by atoms with Crippen LogP contribution in [0.2, 0.25) is 0 Å². The SMILES string of the molecule is CCC(F)(Cl)C(=O)O. The molecule has 0 aliphatic carbocycles. The summed E-state index contributed by atoms with van der Waals surface area (Å²) in [5, 5.41) is 5.36. The van der Waals surface area contributed by atoms with E-state index in [1.807, 2.05) is 0 Å². The van der Waals surface area contributed by atoms with Crippen molar-refractivity contribution in [2.24, 2.45) is 0 Å². The minimum Gasteiger partial charge on any atom is -0.478 e. The monoisotopic (exact) mass is 140 g/mol. The Balaban J connectivity index is 3.91. The van der Waals surface area contributed by atoms with Crippen molar-refractivity contribution >= 4 is 17.6 Å². The van der Waals surface area contributed by atoms with E-state index in [1.165, 1.54) is 6.92 Å². The molecule has 0 bridgehead atoms. The lowest BCUT2D eigenvalue weighted by molar-refractivity contribution is -0.145. The van der Waals surface area contributed by atoms with Gasteiger partial charge in [-0.1, -0.05) is 18.5 Å². The molecule has 1 atom stereocenters. The van der Waals surface area contributed by atoms with Crippen LogP contribution in [-0.2, 0) is 4.79 Å². The first-order valence-corrected chi connectivity index (χ1v) is 2.49. The number of carboxylic acid groups (broad SMARTS) is 1. The molecule has 0 spiro atoms. The van der Waals surface area contributed by atoms with Gasteiger partial charge in [0.1, 0.15) is 0 Å². The Kier molecular flexibility index (Phi) is 2.22. The van der Waals surface area contributed by atoms with Gasteiger partial charge < -0.3 is 5.11 Å². The summed E-state index contributed by atoms with van der Waals surface area (Å²) in [7, 11) is 0. The first-order valence-electron chi connectivity index (χ1n) is 2.12. The number of hydrogen-bond donors (Lipinski definition) is 1. The molecule has 4 heteroatoms. The van der Waals surface area contributed by atoms with Gasteiger partial charge in [0.05, 0.1) is 0 Å². The zero-order chi connectivity index (χ0) is 6.78. The molecule has 48 valence electrons. The van der Waals surface area contributed by atoms with Crippen molar-refractivity contribution in [2.75, 3.05) is 0 Å². The van der Waals surface area contributed by atoms with Crippen molar-refractivity contribution in [3.8, 4) is 0 Å².